The number of allylic oxidation sites excluding steroid dienone is 1. The molecule has 0 aliphatic carbocycles. The van der Waals surface area contributed by atoms with Crippen molar-refractivity contribution in [1.82, 2.24) is 0 Å². The maximum absolute atomic E-state index is 13.0. The molecule has 0 aliphatic rings. The molecule has 0 aromatic heterocycles. The van der Waals surface area contributed by atoms with E-state index in [1.807, 2.05) is 0 Å². The van der Waals surface area contributed by atoms with Crippen LogP contribution in [0.4, 0.5) is 13.2 Å². The van der Waals surface area contributed by atoms with Gasteiger partial charge in [0.05, 0.1) is 12.7 Å². The summed E-state index contributed by atoms with van der Waals surface area (Å²) in [6, 6.07) is 0. The minimum Gasteiger partial charge on any atom is -0.541 e. The molecule has 7 heteroatoms. The van der Waals surface area contributed by atoms with E-state index < -0.39 is 31.8 Å². The molecule has 0 aliphatic heterocycles. The molecule has 0 spiro atoms. The molecule has 0 heterocycles. The van der Waals surface area contributed by atoms with E-state index in [0.29, 0.717) is 6.42 Å². The monoisotopic (exact) mass is 284 g/mol. The van der Waals surface area contributed by atoms with Crippen LogP contribution in [0.3, 0.4) is 0 Å². The van der Waals surface area contributed by atoms with Crippen molar-refractivity contribution in [2.45, 2.75) is 45.6 Å². The zero-order chi connectivity index (χ0) is 14.6. The summed E-state index contributed by atoms with van der Waals surface area (Å²) in [6.07, 6.45) is -4.30. The van der Waals surface area contributed by atoms with Gasteiger partial charge in [-0.15, -0.1) is 0 Å². The lowest BCUT2D eigenvalue weighted by molar-refractivity contribution is -0.140. The molecular weight excluding hydrogens is 265 g/mol. The number of ether oxygens (including phenoxy) is 1. The lowest BCUT2D eigenvalue weighted by Gasteiger charge is -2.25. The fraction of sp³-hybridized carbons (Fsp3) is 0.727. The zero-order valence-electron chi connectivity index (χ0n) is 11.3. The second-order valence-electron chi connectivity index (χ2n) is 4.76. The van der Waals surface area contributed by atoms with Crippen LogP contribution in [-0.2, 0) is 14.0 Å². The number of hydrogen-bond acceptors (Lipinski definition) is 3. The van der Waals surface area contributed by atoms with Gasteiger partial charge in [0, 0.05) is 0 Å². The number of carbonyl (C=O) groups excluding carboxylic acids is 1. The Labute approximate surface area is 106 Å². The van der Waals surface area contributed by atoms with Crippen molar-refractivity contribution in [3.63, 3.8) is 0 Å². The van der Waals surface area contributed by atoms with Crippen molar-refractivity contribution in [2.24, 2.45) is 0 Å². The van der Waals surface area contributed by atoms with Crippen molar-refractivity contribution in [3.8, 4) is 0 Å². The average molecular weight is 284 g/mol. The van der Waals surface area contributed by atoms with E-state index in [4.69, 9.17) is 4.43 Å². The van der Waals surface area contributed by atoms with E-state index >= 15 is 0 Å². The Hall–Kier alpha value is -0.983. The van der Waals surface area contributed by atoms with Crippen LogP contribution in [-0.4, -0.2) is 27.6 Å². The first kappa shape index (κ1) is 17.0. The van der Waals surface area contributed by atoms with Crippen LogP contribution in [0.2, 0.25) is 19.6 Å². The van der Waals surface area contributed by atoms with Gasteiger partial charge in [0.1, 0.15) is 0 Å². The molecule has 0 saturated carbocycles. The minimum absolute atomic E-state index is 0.0218. The predicted octanol–water partition coefficient (Wildman–Crippen LogP) is 3.63. The molecule has 106 valence electrons. The Morgan fingerprint density at radius 3 is 2.00 bits per heavy atom. The molecule has 0 aromatic carbocycles. The molecular formula is C11H19F3O3Si. The number of halogens is 3. The first-order valence-corrected chi connectivity index (χ1v) is 9.01. The van der Waals surface area contributed by atoms with Gasteiger partial charge in [-0.1, -0.05) is 13.3 Å². The second-order valence-corrected chi connectivity index (χ2v) is 9.19. The zero-order valence-corrected chi connectivity index (χ0v) is 12.3. The molecule has 0 rings (SSSR count). The Kier molecular flexibility index (Phi) is 5.92. The van der Waals surface area contributed by atoms with E-state index in [0.717, 1.165) is 7.11 Å². The summed E-state index contributed by atoms with van der Waals surface area (Å²) in [5, 5.41) is 0. The van der Waals surface area contributed by atoms with Gasteiger partial charge in [-0.2, -0.15) is 13.2 Å². The van der Waals surface area contributed by atoms with Crippen LogP contribution in [0.25, 0.3) is 0 Å². The number of rotatable bonds is 5. The Balaban J connectivity index is 5.64. The third-order valence-corrected chi connectivity index (χ3v) is 2.69. The minimum atomic E-state index is -4.68. The van der Waals surface area contributed by atoms with Gasteiger partial charge < -0.3 is 9.16 Å². The summed E-state index contributed by atoms with van der Waals surface area (Å²) in [5.41, 5.74) is -0.435. The summed E-state index contributed by atoms with van der Waals surface area (Å²) in [6.45, 7) is 6.56. The maximum Gasteiger partial charge on any atom is 0.448 e. The third-order valence-electron chi connectivity index (χ3n) is 1.87. The van der Waals surface area contributed by atoms with Gasteiger partial charge in [-0.05, 0) is 26.1 Å². The van der Waals surface area contributed by atoms with Crippen LogP contribution in [0.15, 0.2) is 11.3 Å². The predicted molar refractivity (Wildman–Crippen MR) is 64.4 cm³/mol. The number of alkyl halides is 3. The highest BCUT2D eigenvalue weighted by Gasteiger charge is 2.42. The summed E-state index contributed by atoms with van der Waals surface area (Å²) in [4.78, 5) is 11.4. The normalized spacial score (nSPS) is 14.0. The van der Waals surface area contributed by atoms with Crippen molar-refractivity contribution in [1.29, 1.82) is 0 Å². The SMILES string of the molecule is CCC/C(C(=O)OC)=C(/O[Si](C)(C)C)C(F)(F)F. The summed E-state index contributed by atoms with van der Waals surface area (Å²) < 4.78 is 48.3. The fourth-order valence-corrected chi connectivity index (χ4v) is 2.13. The van der Waals surface area contributed by atoms with Crippen molar-refractivity contribution < 1.29 is 27.1 Å². The van der Waals surface area contributed by atoms with Gasteiger partial charge >= 0.3 is 12.1 Å². The fourth-order valence-electron chi connectivity index (χ4n) is 1.28. The van der Waals surface area contributed by atoms with E-state index in [-0.39, 0.29) is 6.42 Å². The third kappa shape index (κ3) is 5.57. The number of hydrogen-bond donors (Lipinski definition) is 0. The van der Waals surface area contributed by atoms with Gasteiger partial charge in [0.15, 0.2) is 5.76 Å². The smallest absolute Gasteiger partial charge is 0.448 e. The number of methoxy groups -OCH3 is 1. The highest BCUT2D eigenvalue weighted by atomic mass is 28.4. The highest BCUT2D eigenvalue weighted by Crippen LogP contribution is 2.33. The summed E-state index contributed by atoms with van der Waals surface area (Å²) >= 11 is 0. The topological polar surface area (TPSA) is 35.5 Å². The Bertz CT molecular complexity index is 329. The highest BCUT2D eigenvalue weighted by molar-refractivity contribution is 6.70. The van der Waals surface area contributed by atoms with Crippen molar-refractivity contribution in [2.75, 3.05) is 7.11 Å². The molecule has 0 aromatic rings. The van der Waals surface area contributed by atoms with E-state index in [1.54, 1.807) is 26.6 Å². The lowest BCUT2D eigenvalue weighted by Crippen LogP contribution is -2.32. The van der Waals surface area contributed by atoms with Crippen molar-refractivity contribution in [3.05, 3.63) is 11.3 Å². The lowest BCUT2D eigenvalue weighted by atomic mass is 10.1. The number of carbonyl (C=O) groups is 1. The first-order valence-electron chi connectivity index (χ1n) is 5.60. The largest absolute Gasteiger partial charge is 0.541 e. The molecule has 18 heavy (non-hydrogen) atoms. The second kappa shape index (κ2) is 6.26. The van der Waals surface area contributed by atoms with Gasteiger partial charge in [0.2, 0.25) is 8.32 Å². The van der Waals surface area contributed by atoms with Gasteiger partial charge in [0.25, 0.3) is 0 Å². The van der Waals surface area contributed by atoms with E-state index in [9.17, 15) is 18.0 Å². The Morgan fingerprint density at radius 2 is 1.72 bits per heavy atom. The van der Waals surface area contributed by atoms with Gasteiger partial charge in [-0.3, -0.25) is 0 Å². The molecule has 0 radical (unpaired) electrons. The van der Waals surface area contributed by atoms with E-state index in [2.05, 4.69) is 4.74 Å². The molecule has 0 unspecified atom stereocenters. The Morgan fingerprint density at radius 1 is 1.22 bits per heavy atom. The molecule has 0 amide bonds. The van der Waals surface area contributed by atoms with Crippen LogP contribution >= 0.6 is 0 Å². The van der Waals surface area contributed by atoms with Crippen LogP contribution in [0, 0.1) is 0 Å². The maximum atomic E-state index is 13.0. The van der Waals surface area contributed by atoms with Crippen molar-refractivity contribution >= 4 is 14.3 Å². The van der Waals surface area contributed by atoms with E-state index in [1.165, 1.54) is 0 Å². The average Bonchev–Trinajstić information content (AvgIpc) is 2.19. The summed E-state index contributed by atoms with van der Waals surface area (Å²) in [5.74, 6) is -2.18. The molecule has 0 N–H and O–H groups in total. The summed E-state index contributed by atoms with van der Waals surface area (Å²) in [7, 11) is -1.41. The van der Waals surface area contributed by atoms with Crippen LogP contribution < -0.4 is 0 Å². The van der Waals surface area contributed by atoms with Gasteiger partial charge in [-0.25, -0.2) is 4.79 Å². The van der Waals surface area contributed by atoms with Crippen LogP contribution in [0.1, 0.15) is 19.8 Å². The standard InChI is InChI=1S/C11H19F3O3Si/c1-6-7-8(10(15)16-2)9(11(12,13)14)17-18(3,4)5/h6-7H2,1-5H3/b9-8-. The molecule has 0 saturated heterocycles. The number of esters is 1. The molecule has 3 nitrogen and oxygen atoms in total. The quantitative estimate of drug-likeness (QED) is 0.335. The molecule has 0 fully saturated rings. The molecule has 0 atom stereocenters. The molecule has 0 bridgehead atoms. The van der Waals surface area contributed by atoms with Crippen LogP contribution in [0.5, 0.6) is 0 Å². The first-order chi connectivity index (χ1) is 8.03.